The van der Waals surface area contributed by atoms with Crippen LogP contribution in [-0.2, 0) is 17.4 Å². The van der Waals surface area contributed by atoms with E-state index in [1.165, 1.54) is 30.5 Å². The van der Waals surface area contributed by atoms with Gasteiger partial charge in [0.15, 0.2) is 6.61 Å². The van der Waals surface area contributed by atoms with Gasteiger partial charge in [-0.05, 0) is 47.6 Å². The molecule has 2 aromatic carbocycles. The maximum absolute atomic E-state index is 13.1. The molecule has 0 bridgehead atoms. The first kappa shape index (κ1) is 26.1. The summed E-state index contributed by atoms with van der Waals surface area (Å²) in [6.07, 6.45) is 1.29. The fraction of sp³-hybridized carbons (Fsp3) is 0.444. The van der Waals surface area contributed by atoms with Crippen molar-refractivity contribution in [3.63, 3.8) is 0 Å². The molecule has 1 aliphatic carbocycles. The van der Waals surface area contributed by atoms with E-state index >= 15 is 0 Å². The summed E-state index contributed by atoms with van der Waals surface area (Å²) < 4.78 is 44.2. The van der Waals surface area contributed by atoms with Gasteiger partial charge in [0.05, 0.1) is 13.8 Å². The topological polar surface area (TPSA) is 57.0 Å². The molecule has 1 saturated carbocycles. The SMILES string of the molecule is C[Si](C)(C)Cn1cc([C@@H](CC(=O)Cc2ccc(C3CC3)cc2)c2ccc(OCC(F)(F)F)cc2)nn1. The number of alkyl halides is 3. The molecule has 5 nitrogen and oxygen atoms in total. The van der Waals surface area contributed by atoms with E-state index in [0.717, 1.165) is 17.3 Å². The molecule has 0 amide bonds. The van der Waals surface area contributed by atoms with Crippen LogP contribution in [0.15, 0.2) is 54.7 Å². The third kappa shape index (κ3) is 7.78. The van der Waals surface area contributed by atoms with Crippen LogP contribution in [-0.4, -0.2) is 41.6 Å². The number of halogens is 3. The number of hydrogen-bond acceptors (Lipinski definition) is 4. The molecule has 1 aromatic heterocycles. The van der Waals surface area contributed by atoms with E-state index in [1.54, 1.807) is 12.1 Å². The zero-order valence-corrected chi connectivity index (χ0v) is 21.9. The molecule has 4 rings (SSSR count). The summed E-state index contributed by atoms with van der Waals surface area (Å²) in [5.74, 6) is 0.506. The predicted octanol–water partition coefficient (Wildman–Crippen LogP) is 6.31. The Kier molecular flexibility index (Phi) is 7.68. The lowest BCUT2D eigenvalue weighted by Crippen LogP contribution is -2.28. The molecule has 36 heavy (non-hydrogen) atoms. The van der Waals surface area contributed by atoms with Gasteiger partial charge in [-0.3, -0.25) is 9.48 Å². The number of carbonyl (C=O) groups excluding carboxylic acids is 1. The highest BCUT2D eigenvalue weighted by molar-refractivity contribution is 6.74. The number of hydrogen-bond donors (Lipinski definition) is 0. The minimum Gasteiger partial charge on any atom is -0.484 e. The Labute approximate surface area is 210 Å². The summed E-state index contributed by atoms with van der Waals surface area (Å²) in [6, 6.07) is 14.7. The third-order valence-electron chi connectivity index (χ3n) is 6.10. The molecule has 0 saturated heterocycles. The molecule has 3 aromatic rings. The predicted molar refractivity (Wildman–Crippen MR) is 135 cm³/mol. The Hall–Kier alpha value is -2.94. The molecule has 1 heterocycles. The minimum atomic E-state index is -4.40. The summed E-state index contributed by atoms with van der Waals surface area (Å²) in [4.78, 5) is 13.1. The molecule has 1 fully saturated rings. The van der Waals surface area contributed by atoms with Crippen molar-refractivity contribution in [1.82, 2.24) is 15.0 Å². The van der Waals surface area contributed by atoms with Gasteiger partial charge in [0.1, 0.15) is 11.5 Å². The summed E-state index contributed by atoms with van der Waals surface area (Å²) >= 11 is 0. The molecule has 1 aliphatic rings. The smallest absolute Gasteiger partial charge is 0.422 e. The van der Waals surface area contributed by atoms with Crippen LogP contribution in [0.1, 0.15) is 53.5 Å². The van der Waals surface area contributed by atoms with Gasteiger partial charge >= 0.3 is 6.18 Å². The second-order valence-electron chi connectivity index (χ2n) is 10.9. The summed E-state index contributed by atoms with van der Waals surface area (Å²) in [5.41, 5.74) is 3.76. The Morgan fingerprint density at radius 3 is 2.33 bits per heavy atom. The van der Waals surface area contributed by atoms with Crippen LogP contribution in [0.3, 0.4) is 0 Å². The lowest BCUT2D eigenvalue weighted by molar-refractivity contribution is -0.153. The second kappa shape index (κ2) is 10.6. The van der Waals surface area contributed by atoms with Crippen molar-refractivity contribution < 1.29 is 22.7 Å². The maximum atomic E-state index is 13.1. The highest BCUT2D eigenvalue weighted by Crippen LogP contribution is 2.40. The molecule has 9 heteroatoms. The quantitative estimate of drug-likeness (QED) is 0.281. The van der Waals surface area contributed by atoms with Gasteiger partial charge in [0.25, 0.3) is 0 Å². The van der Waals surface area contributed by atoms with Crippen LogP contribution in [0.4, 0.5) is 13.2 Å². The Bertz CT molecular complexity index is 1160. The van der Waals surface area contributed by atoms with Crippen molar-refractivity contribution in [2.45, 2.75) is 69.5 Å². The van der Waals surface area contributed by atoms with Crippen molar-refractivity contribution in [2.24, 2.45) is 0 Å². The number of carbonyl (C=O) groups is 1. The van der Waals surface area contributed by atoms with Crippen molar-refractivity contribution in [3.05, 3.63) is 77.1 Å². The van der Waals surface area contributed by atoms with Gasteiger partial charge < -0.3 is 4.74 Å². The van der Waals surface area contributed by atoms with E-state index in [-0.39, 0.29) is 23.9 Å². The molecular formula is C27H32F3N3O2Si. The van der Waals surface area contributed by atoms with Gasteiger partial charge in [0.2, 0.25) is 0 Å². The van der Waals surface area contributed by atoms with E-state index < -0.39 is 20.9 Å². The Morgan fingerprint density at radius 1 is 1.08 bits per heavy atom. The van der Waals surface area contributed by atoms with Crippen LogP contribution in [0.25, 0.3) is 0 Å². The van der Waals surface area contributed by atoms with Crippen LogP contribution in [0.2, 0.25) is 19.6 Å². The van der Waals surface area contributed by atoms with Crippen molar-refractivity contribution in [2.75, 3.05) is 6.61 Å². The van der Waals surface area contributed by atoms with E-state index in [2.05, 4.69) is 42.1 Å². The fourth-order valence-corrected chi connectivity index (χ4v) is 5.37. The Balaban J connectivity index is 1.50. The Morgan fingerprint density at radius 2 is 1.75 bits per heavy atom. The van der Waals surface area contributed by atoms with Gasteiger partial charge in [-0.1, -0.05) is 61.3 Å². The molecule has 0 aliphatic heterocycles. The van der Waals surface area contributed by atoms with Gasteiger partial charge in [-0.2, -0.15) is 13.2 Å². The summed E-state index contributed by atoms with van der Waals surface area (Å²) in [5, 5.41) is 8.65. The molecule has 0 N–H and O–H groups in total. The number of ketones is 1. The van der Waals surface area contributed by atoms with Gasteiger partial charge in [-0.25, -0.2) is 0 Å². The van der Waals surface area contributed by atoms with Crippen molar-refractivity contribution >= 4 is 13.9 Å². The molecule has 1 atom stereocenters. The first-order chi connectivity index (χ1) is 16.9. The fourth-order valence-electron chi connectivity index (χ4n) is 4.24. The first-order valence-electron chi connectivity index (χ1n) is 12.3. The lowest BCUT2D eigenvalue weighted by Gasteiger charge is -2.16. The zero-order valence-electron chi connectivity index (χ0n) is 20.9. The van der Waals surface area contributed by atoms with Crippen molar-refractivity contribution in [1.29, 1.82) is 0 Å². The monoisotopic (exact) mass is 515 g/mol. The second-order valence-corrected chi connectivity index (χ2v) is 16.3. The normalized spacial score (nSPS) is 15.1. The number of benzene rings is 2. The van der Waals surface area contributed by atoms with Crippen molar-refractivity contribution in [3.8, 4) is 5.75 Å². The van der Waals surface area contributed by atoms with Crippen LogP contribution in [0.5, 0.6) is 5.75 Å². The number of rotatable bonds is 11. The number of aromatic nitrogens is 3. The van der Waals surface area contributed by atoms with Crippen LogP contribution in [0, 0.1) is 0 Å². The van der Waals surface area contributed by atoms with Gasteiger partial charge in [-0.15, -0.1) is 5.10 Å². The van der Waals surface area contributed by atoms with Crippen LogP contribution < -0.4 is 4.74 Å². The number of ether oxygens (including phenoxy) is 1. The van der Waals surface area contributed by atoms with E-state index in [1.807, 2.05) is 23.0 Å². The van der Waals surface area contributed by atoms with E-state index in [0.29, 0.717) is 18.0 Å². The van der Waals surface area contributed by atoms with E-state index in [4.69, 9.17) is 4.74 Å². The average Bonchev–Trinajstić information content (AvgIpc) is 3.55. The highest BCUT2D eigenvalue weighted by atomic mass is 28.3. The van der Waals surface area contributed by atoms with Gasteiger partial charge in [0, 0.05) is 31.1 Å². The highest BCUT2D eigenvalue weighted by Gasteiger charge is 2.29. The first-order valence-corrected chi connectivity index (χ1v) is 16.0. The molecular weight excluding hydrogens is 483 g/mol. The van der Waals surface area contributed by atoms with E-state index in [9.17, 15) is 18.0 Å². The number of Topliss-reactive ketones (excluding diaryl/α,β-unsaturated/α-hetero) is 1. The number of nitrogens with zero attached hydrogens (tertiary/aromatic N) is 3. The zero-order chi connectivity index (χ0) is 25.9. The molecule has 192 valence electrons. The minimum absolute atomic E-state index is 0.0660. The standard InChI is InChI=1S/C27H32F3N3O2Si/c1-36(2,3)18-33-16-26(31-32-33)25(22-10-12-24(13-11-22)35-17-27(28,29)30)15-23(34)14-19-4-6-20(7-5-19)21-8-9-21/h4-7,10-13,16,21,25H,8-9,14-15,17-18H2,1-3H3/t25-/m0/s1. The molecule has 0 unspecified atom stereocenters. The molecule has 0 spiro atoms. The summed E-state index contributed by atoms with van der Waals surface area (Å²) in [6.45, 7) is 5.37. The lowest BCUT2D eigenvalue weighted by atomic mass is 9.89. The average molecular weight is 516 g/mol. The third-order valence-corrected chi connectivity index (χ3v) is 7.37. The largest absolute Gasteiger partial charge is 0.484 e. The molecule has 0 radical (unpaired) electrons. The summed E-state index contributed by atoms with van der Waals surface area (Å²) in [7, 11) is -1.44. The maximum Gasteiger partial charge on any atom is 0.422 e. The van der Waals surface area contributed by atoms with Crippen LogP contribution >= 0.6 is 0 Å².